The third kappa shape index (κ3) is 2.88. The molecule has 0 unspecified atom stereocenters. The fraction of sp³-hybridized carbons (Fsp3) is 0.333. The van der Waals surface area contributed by atoms with E-state index in [-0.39, 0.29) is 12.5 Å². The SMILES string of the molecule is O=C(COc1ccc2cccnc2c1)N1CCNCC1. The highest BCUT2D eigenvalue weighted by atomic mass is 16.5. The highest BCUT2D eigenvalue weighted by molar-refractivity contribution is 5.80. The molecule has 1 aliphatic rings. The predicted molar refractivity (Wildman–Crippen MR) is 76.7 cm³/mol. The first kappa shape index (κ1) is 12.9. The maximum atomic E-state index is 12.0. The molecule has 0 bridgehead atoms. The van der Waals surface area contributed by atoms with E-state index >= 15 is 0 Å². The largest absolute Gasteiger partial charge is 0.484 e. The number of pyridine rings is 1. The van der Waals surface area contributed by atoms with E-state index in [1.54, 1.807) is 6.20 Å². The van der Waals surface area contributed by atoms with Crippen molar-refractivity contribution in [1.29, 1.82) is 0 Å². The van der Waals surface area contributed by atoms with E-state index in [1.807, 2.05) is 35.2 Å². The summed E-state index contributed by atoms with van der Waals surface area (Å²) in [6.07, 6.45) is 1.75. The molecule has 0 aliphatic carbocycles. The lowest BCUT2D eigenvalue weighted by Crippen LogP contribution is -2.47. The molecule has 20 heavy (non-hydrogen) atoms. The summed E-state index contributed by atoms with van der Waals surface area (Å²) in [6.45, 7) is 3.29. The molecular formula is C15H17N3O2. The first-order valence-electron chi connectivity index (χ1n) is 6.79. The number of ether oxygens (including phenoxy) is 1. The number of aromatic nitrogens is 1. The van der Waals surface area contributed by atoms with Crippen molar-refractivity contribution in [1.82, 2.24) is 15.2 Å². The Morgan fingerprint density at radius 3 is 3.00 bits per heavy atom. The van der Waals surface area contributed by atoms with Crippen LogP contribution in [-0.2, 0) is 4.79 Å². The molecule has 1 fully saturated rings. The van der Waals surface area contributed by atoms with Gasteiger partial charge in [0.1, 0.15) is 5.75 Å². The number of hydrogen-bond acceptors (Lipinski definition) is 4. The smallest absolute Gasteiger partial charge is 0.260 e. The normalized spacial score (nSPS) is 15.3. The fourth-order valence-electron chi connectivity index (χ4n) is 2.29. The van der Waals surface area contributed by atoms with Crippen LogP contribution in [0.4, 0.5) is 0 Å². The van der Waals surface area contributed by atoms with Crippen LogP contribution in [0.15, 0.2) is 36.5 Å². The number of amides is 1. The lowest BCUT2D eigenvalue weighted by atomic mass is 10.2. The van der Waals surface area contributed by atoms with Crippen molar-refractivity contribution in [3.63, 3.8) is 0 Å². The highest BCUT2D eigenvalue weighted by Gasteiger charge is 2.16. The molecule has 2 heterocycles. The number of rotatable bonds is 3. The number of benzene rings is 1. The van der Waals surface area contributed by atoms with Crippen molar-refractivity contribution in [2.75, 3.05) is 32.8 Å². The number of nitrogens with one attached hydrogen (secondary N) is 1. The molecule has 0 radical (unpaired) electrons. The van der Waals surface area contributed by atoms with Gasteiger partial charge in [-0.1, -0.05) is 6.07 Å². The van der Waals surface area contributed by atoms with Gasteiger partial charge in [-0.25, -0.2) is 0 Å². The van der Waals surface area contributed by atoms with Crippen molar-refractivity contribution in [2.45, 2.75) is 0 Å². The van der Waals surface area contributed by atoms with Crippen LogP contribution in [-0.4, -0.2) is 48.6 Å². The van der Waals surface area contributed by atoms with E-state index in [1.165, 1.54) is 0 Å². The first-order valence-corrected chi connectivity index (χ1v) is 6.79. The molecule has 1 aliphatic heterocycles. The Morgan fingerprint density at radius 1 is 1.30 bits per heavy atom. The highest BCUT2D eigenvalue weighted by Crippen LogP contribution is 2.18. The van der Waals surface area contributed by atoms with Crippen LogP contribution in [0.1, 0.15) is 0 Å². The Hall–Kier alpha value is -2.14. The molecule has 1 saturated heterocycles. The second kappa shape index (κ2) is 5.88. The molecule has 5 nitrogen and oxygen atoms in total. The Morgan fingerprint density at radius 2 is 2.15 bits per heavy atom. The summed E-state index contributed by atoms with van der Waals surface area (Å²) in [5.41, 5.74) is 0.875. The van der Waals surface area contributed by atoms with Crippen molar-refractivity contribution >= 4 is 16.8 Å². The van der Waals surface area contributed by atoms with Crippen molar-refractivity contribution < 1.29 is 9.53 Å². The van der Waals surface area contributed by atoms with Gasteiger partial charge in [0, 0.05) is 43.8 Å². The average Bonchev–Trinajstić information content (AvgIpc) is 2.53. The summed E-state index contributed by atoms with van der Waals surface area (Å²) in [7, 11) is 0. The molecule has 0 saturated carbocycles. The van der Waals surface area contributed by atoms with E-state index in [2.05, 4.69) is 10.3 Å². The maximum absolute atomic E-state index is 12.0. The van der Waals surface area contributed by atoms with E-state index in [0.717, 1.165) is 37.1 Å². The van der Waals surface area contributed by atoms with Crippen LogP contribution in [0.3, 0.4) is 0 Å². The minimum absolute atomic E-state index is 0.0348. The van der Waals surface area contributed by atoms with Gasteiger partial charge < -0.3 is 15.0 Å². The topological polar surface area (TPSA) is 54.5 Å². The zero-order valence-electron chi connectivity index (χ0n) is 11.2. The number of carbonyl (C=O) groups excluding carboxylic acids is 1. The van der Waals surface area contributed by atoms with Gasteiger partial charge in [-0.15, -0.1) is 0 Å². The van der Waals surface area contributed by atoms with Gasteiger partial charge >= 0.3 is 0 Å². The number of nitrogens with zero attached hydrogens (tertiary/aromatic N) is 2. The van der Waals surface area contributed by atoms with Gasteiger partial charge in [0.05, 0.1) is 5.52 Å². The molecule has 5 heteroatoms. The minimum atomic E-state index is 0.0348. The Balaban J connectivity index is 1.62. The second-order valence-electron chi connectivity index (χ2n) is 4.78. The monoisotopic (exact) mass is 271 g/mol. The Bertz CT molecular complexity index is 609. The predicted octanol–water partition coefficient (Wildman–Crippen LogP) is 1.05. The quantitative estimate of drug-likeness (QED) is 0.906. The van der Waals surface area contributed by atoms with Crippen LogP contribution < -0.4 is 10.1 Å². The van der Waals surface area contributed by atoms with Gasteiger partial charge in [-0.2, -0.15) is 0 Å². The number of piperazine rings is 1. The van der Waals surface area contributed by atoms with Crippen LogP contribution in [0, 0.1) is 0 Å². The van der Waals surface area contributed by atoms with Crippen molar-refractivity contribution in [3.05, 3.63) is 36.5 Å². The second-order valence-corrected chi connectivity index (χ2v) is 4.78. The van der Waals surface area contributed by atoms with E-state index in [0.29, 0.717) is 5.75 Å². The fourth-order valence-corrected chi connectivity index (χ4v) is 2.29. The standard InChI is InChI=1S/C15H17N3O2/c19-15(18-8-6-16-7-9-18)11-20-13-4-3-12-2-1-5-17-14(12)10-13/h1-5,10,16H,6-9,11H2. The number of hydrogen-bond donors (Lipinski definition) is 1. The zero-order valence-corrected chi connectivity index (χ0v) is 11.2. The van der Waals surface area contributed by atoms with E-state index in [4.69, 9.17) is 4.74 Å². The summed E-state index contributed by atoms with van der Waals surface area (Å²) in [5.74, 6) is 0.715. The molecule has 2 aromatic rings. The van der Waals surface area contributed by atoms with Crippen molar-refractivity contribution in [2.24, 2.45) is 0 Å². The summed E-state index contributed by atoms with van der Waals surface area (Å²) >= 11 is 0. The molecule has 1 N–H and O–H groups in total. The molecule has 0 atom stereocenters. The van der Waals surface area contributed by atoms with Gasteiger partial charge in [0.2, 0.25) is 0 Å². The Labute approximate surface area is 117 Å². The Kier molecular flexibility index (Phi) is 3.78. The van der Waals surface area contributed by atoms with Gasteiger partial charge in [-0.3, -0.25) is 9.78 Å². The molecule has 3 rings (SSSR count). The van der Waals surface area contributed by atoms with Crippen LogP contribution in [0.2, 0.25) is 0 Å². The molecule has 1 amide bonds. The third-order valence-corrected chi connectivity index (χ3v) is 3.41. The summed E-state index contributed by atoms with van der Waals surface area (Å²) in [5, 5.41) is 4.28. The van der Waals surface area contributed by atoms with Crippen molar-refractivity contribution in [3.8, 4) is 5.75 Å². The minimum Gasteiger partial charge on any atom is -0.484 e. The van der Waals surface area contributed by atoms with Gasteiger partial charge in [-0.05, 0) is 18.2 Å². The molecule has 104 valence electrons. The lowest BCUT2D eigenvalue weighted by molar-refractivity contribution is -0.133. The summed E-state index contributed by atoms with van der Waals surface area (Å²) in [6, 6.07) is 9.58. The lowest BCUT2D eigenvalue weighted by Gasteiger charge is -2.27. The summed E-state index contributed by atoms with van der Waals surface area (Å²) in [4.78, 5) is 18.1. The molecule has 0 spiro atoms. The molecular weight excluding hydrogens is 254 g/mol. The number of fused-ring (bicyclic) bond motifs is 1. The zero-order chi connectivity index (χ0) is 13.8. The molecule has 1 aromatic carbocycles. The average molecular weight is 271 g/mol. The summed E-state index contributed by atoms with van der Waals surface area (Å²) < 4.78 is 5.58. The molecule has 1 aromatic heterocycles. The number of carbonyl (C=O) groups is 1. The van der Waals surface area contributed by atoms with Crippen LogP contribution >= 0.6 is 0 Å². The maximum Gasteiger partial charge on any atom is 0.260 e. The van der Waals surface area contributed by atoms with Crippen LogP contribution in [0.5, 0.6) is 5.75 Å². The van der Waals surface area contributed by atoms with E-state index < -0.39 is 0 Å². The van der Waals surface area contributed by atoms with Gasteiger partial charge in [0.25, 0.3) is 5.91 Å². The van der Waals surface area contributed by atoms with Crippen LogP contribution in [0.25, 0.3) is 10.9 Å². The van der Waals surface area contributed by atoms with Gasteiger partial charge in [0.15, 0.2) is 6.61 Å². The van der Waals surface area contributed by atoms with E-state index in [9.17, 15) is 4.79 Å². The first-order chi connectivity index (χ1) is 9.83. The third-order valence-electron chi connectivity index (χ3n) is 3.41.